The third-order valence-electron chi connectivity index (χ3n) is 5.46. The van der Waals surface area contributed by atoms with Gasteiger partial charge in [-0.3, -0.25) is 9.69 Å². The van der Waals surface area contributed by atoms with Gasteiger partial charge in [0.25, 0.3) is 0 Å². The topological polar surface area (TPSA) is 58.6 Å². The molecule has 1 aromatic rings. The van der Waals surface area contributed by atoms with E-state index in [4.69, 9.17) is 4.74 Å². The van der Waals surface area contributed by atoms with Gasteiger partial charge >= 0.3 is 0 Å². The molecule has 1 saturated heterocycles. The third-order valence-corrected chi connectivity index (χ3v) is 5.46. The Labute approximate surface area is 148 Å². The lowest BCUT2D eigenvalue weighted by molar-refractivity contribution is -0.151. The summed E-state index contributed by atoms with van der Waals surface area (Å²) < 4.78 is 19.3. The van der Waals surface area contributed by atoms with E-state index >= 15 is 0 Å². The quantitative estimate of drug-likeness (QED) is 0.749. The molecule has 0 unspecified atom stereocenters. The summed E-state index contributed by atoms with van der Waals surface area (Å²) in [6.45, 7) is 1.87. The second-order valence-corrected chi connectivity index (χ2v) is 7.33. The summed E-state index contributed by atoms with van der Waals surface area (Å²) in [6, 6.07) is 1.76. The monoisotopic (exact) mass is 350 g/mol. The number of hydrogen-bond donors (Lipinski definition) is 0. The lowest BCUT2D eigenvalue weighted by Crippen LogP contribution is -2.51. The molecule has 1 saturated carbocycles. The number of methoxy groups -OCH3 is 1. The van der Waals surface area contributed by atoms with Crippen LogP contribution in [-0.2, 0) is 16.1 Å². The van der Waals surface area contributed by atoms with Crippen molar-refractivity contribution < 1.29 is 13.9 Å². The Morgan fingerprint density at radius 1 is 1.44 bits per heavy atom. The van der Waals surface area contributed by atoms with Crippen molar-refractivity contribution in [2.24, 2.45) is 5.41 Å². The highest BCUT2D eigenvalue weighted by molar-refractivity contribution is 5.83. The van der Waals surface area contributed by atoms with Crippen molar-refractivity contribution in [1.29, 1.82) is 0 Å². The largest absolute Gasteiger partial charge is 0.384 e. The maximum Gasteiger partial charge on any atom is 0.230 e. The highest BCUT2D eigenvalue weighted by Crippen LogP contribution is 2.42. The van der Waals surface area contributed by atoms with Gasteiger partial charge in [-0.1, -0.05) is 6.42 Å². The minimum Gasteiger partial charge on any atom is -0.384 e. The van der Waals surface area contributed by atoms with Gasteiger partial charge in [0.1, 0.15) is 12.0 Å². The molecule has 0 radical (unpaired) electrons. The first kappa shape index (κ1) is 18.2. The van der Waals surface area contributed by atoms with Gasteiger partial charge in [0.05, 0.1) is 18.6 Å². The molecule has 0 spiro atoms. The van der Waals surface area contributed by atoms with Gasteiger partial charge in [-0.15, -0.1) is 0 Å². The Bertz CT molecular complexity index is 582. The van der Waals surface area contributed by atoms with E-state index in [1.165, 1.54) is 0 Å². The number of carbonyl (C=O) groups is 1. The lowest BCUT2D eigenvalue weighted by Gasteiger charge is -2.42. The maximum absolute atomic E-state index is 14.0. The van der Waals surface area contributed by atoms with E-state index in [0.717, 1.165) is 19.3 Å². The number of aromatic nitrogens is 2. The molecule has 1 aliphatic heterocycles. The summed E-state index contributed by atoms with van der Waals surface area (Å²) in [5, 5.41) is 0. The zero-order valence-electron chi connectivity index (χ0n) is 15.0. The molecule has 2 aliphatic rings. The number of rotatable bonds is 7. The van der Waals surface area contributed by atoms with Gasteiger partial charge < -0.3 is 9.64 Å². The molecular formula is C18H27FN4O2. The van der Waals surface area contributed by atoms with Crippen LogP contribution in [-0.4, -0.2) is 71.7 Å². The van der Waals surface area contributed by atoms with Crippen molar-refractivity contribution in [3.63, 3.8) is 0 Å². The minimum atomic E-state index is -0.867. The average Bonchev–Trinajstić information content (AvgIpc) is 2.90. The molecule has 2 atom stereocenters. The molecule has 1 aliphatic carbocycles. The highest BCUT2D eigenvalue weighted by atomic mass is 19.1. The van der Waals surface area contributed by atoms with Gasteiger partial charge in [-0.25, -0.2) is 14.4 Å². The van der Waals surface area contributed by atoms with Gasteiger partial charge in [0.2, 0.25) is 5.91 Å². The number of carbonyl (C=O) groups excluding carboxylic acids is 1. The van der Waals surface area contributed by atoms with E-state index in [1.54, 1.807) is 30.5 Å². The summed E-state index contributed by atoms with van der Waals surface area (Å²) in [4.78, 5) is 25.2. The van der Waals surface area contributed by atoms with E-state index in [-0.39, 0.29) is 17.4 Å². The van der Waals surface area contributed by atoms with Gasteiger partial charge in [0.15, 0.2) is 0 Å². The Hall–Kier alpha value is -1.60. The fraction of sp³-hybridized carbons (Fsp3) is 0.722. The zero-order valence-corrected chi connectivity index (χ0v) is 15.0. The van der Waals surface area contributed by atoms with Crippen LogP contribution >= 0.6 is 0 Å². The van der Waals surface area contributed by atoms with Crippen LogP contribution in [0.3, 0.4) is 0 Å². The molecule has 3 rings (SSSR count). The molecule has 2 fully saturated rings. The normalized spacial score (nSPS) is 25.6. The molecule has 138 valence electrons. The highest BCUT2D eigenvalue weighted by Gasteiger charge is 2.46. The van der Waals surface area contributed by atoms with E-state index < -0.39 is 6.17 Å². The lowest BCUT2D eigenvalue weighted by atomic mass is 9.68. The number of amides is 1. The number of hydrogen-bond acceptors (Lipinski definition) is 5. The predicted molar refractivity (Wildman–Crippen MR) is 91.5 cm³/mol. The first-order valence-electron chi connectivity index (χ1n) is 8.92. The minimum absolute atomic E-state index is 0.00701. The van der Waals surface area contributed by atoms with Crippen molar-refractivity contribution in [1.82, 2.24) is 19.8 Å². The summed E-state index contributed by atoms with van der Waals surface area (Å²) in [5.41, 5.74) is -0.370. The Morgan fingerprint density at radius 2 is 2.16 bits per heavy atom. The number of likely N-dealkylation sites (N-methyl/N-ethyl adjacent to an activating group) is 1. The number of alkyl halides is 1. The molecule has 0 N–H and O–H groups in total. The van der Waals surface area contributed by atoms with Crippen molar-refractivity contribution in [3.8, 4) is 0 Å². The number of ether oxygens (including phenoxy) is 1. The average molecular weight is 350 g/mol. The third kappa shape index (κ3) is 3.98. The molecule has 1 amide bonds. The van der Waals surface area contributed by atoms with Crippen LogP contribution in [0.2, 0.25) is 0 Å². The van der Waals surface area contributed by atoms with Crippen LogP contribution in [0.1, 0.15) is 31.5 Å². The fourth-order valence-corrected chi connectivity index (χ4v) is 4.00. The first-order chi connectivity index (χ1) is 12.0. The summed E-state index contributed by atoms with van der Waals surface area (Å²) in [6.07, 6.45) is 5.79. The number of halogens is 1. The molecule has 0 bridgehead atoms. The van der Waals surface area contributed by atoms with E-state index in [2.05, 4.69) is 9.97 Å². The molecule has 0 aromatic carbocycles. The zero-order chi connectivity index (χ0) is 17.9. The van der Waals surface area contributed by atoms with E-state index in [9.17, 15) is 9.18 Å². The number of likely N-dealkylation sites (tertiary alicyclic amines) is 1. The summed E-state index contributed by atoms with van der Waals surface area (Å²) >= 11 is 0. The first-order valence-corrected chi connectivity index (χ1v) is 8.92. The van der Waals surface area contributed by atoms with Gasteiger partial charge in [-0.2, -0.15) is 0 Å². The van der Waals surface area contributed by atoms with Crippen molar-refractivity contribution >= 4 is 5.91 Å². The van der Waals surface area contributed by atoms with Gasteiger partial charge in [0, 0.05) is 45.7 Å². The fourth-order valence-electron chi connectivity index (χ4n) is 4.00. The molecule has 7 heteroatoms. The molecule has 6 nitrogen and oxygen atoms in total. The van der Waals surface area contributed by atoms with Crippen LogP contribution in [0.4, 0.5) is 4.39 Å². The smallest absolute Gasteiger partial charge is 0.230 e. The SMILES string of the molecule is COCC1(C(=O)N(C)C[C@@H]2C[C@H](F)CN2Cc2ncccn2)CCC1. The van der Waals surface area contributed by atoms with Crippen molar-refractivity contribution in [2.75, 3.05) is 33.9 Å². The molecular weight excluding hydrogens is 323 g/mol. The van der Waals surface area contributed by atoms with Crippen LogP contribution in [0.5, 0.6) is 0 Å². The molecule has 1 aromatic heterocycles. The Morgan fingerprint density at radius 3 is 2.76 bits per heavy atom. The second-order valence-electron chi connectivity index (χ2n) is 7.33. The van der Waals surface area contributed by atoms with Crippen LogP contribution in [0, 0.1) is 5.41 Å². The standard InChI is InChI=1S/C18H27FN4O2/c1-22(17(24)18(13-25-2)5-3-6-18)11-15-9-14(19)10-23(15)12-16-20-7-4-8-21-16/h4,7-8,14-15H,3,5-6,9-13H2,1-2H3/t14-,15-/m0/s1. The maximum atomic E-state index is 14.0. The summed E-state index contributed by atoms with van der Waals surface area (Å²) in [5.74, 6) is 0.809. The van der Waals surface area contributed by atoms with E-state index in [1.807, 2.05) is 11.9 Å². The Balaban J connectivity index is 1.62. The van der Waals surface area contributed by atoms with Crippen LogP contribution in [0.15, 0.2) is 18.5 Å². The van der Waals surface area contributed by atoms with Crippen molar-refractivity contribution in [2.45, 2.75) is 44.4 Å². The van der Waals surface area contributed by atoms with Crippen molar-refractivity contribution in [3.05, 3.63) is 24.3 Å². The van der Waals surface area contributed by atoms with Crippen LogP contribution < -0.4 is 0 Å². The predicted octanol–water partition coefficient (Wildman–Crippen LogP) is 1.66. The Kier molecular flexibility index (Phi) is 5.64. The molecule has 2 heterocycles. The summed E-state index contributed by atoms with van der Waals surface area (Å²) in [7, 11) is 3.46. The van der Waals surface area contributed by atoms with E-state index in [0.29, 0.717) is 38.5 Å². The van der Waals surface area contributed by atoms with Gasteiger partial charge in [-0.05, 0) is 25.3 Å². The van der Waals surface area contributed by atoms with Crippen LogP contribution in [0.25, 0.3) is 0 Å². The number of nitrogens with zero attached hydrogens (tertiary/aromatic N) is 4. The molecule has 25 heavy (non-hydrogen) atoms. The second kappa shape index (κ2) is 7.74.